The minimum Gasteiger partial charge on any atom is -0.450 e. The second-order valence-electron chi connectivity index (χ2n) is 8.01. The molecule has 4 rings (SSSR count). The van der Waals surface area contributed by atoms with E-state index in [4.69, 9.17) is 4.42 Å². The number of hydrogen-bond acceptors (Lipinski definition) is 4. The number of rotatable bonds is 7. The molecule has 0 fully saturated rings. The van der Waals surface area contributed by atoms with Crippen molar-refractivity contribution in [1.29, 1.82) is 0 Å². The van der Waals surface area contributed by atoms with Crippen LogP contribution in [0.1, 0.15) is 53.6 Å². The van der Waals surface area contributed by atoms with Crippen LogP contribution in [0.2, 0.25) is 0 Å². The minimum atomic E-state index is -0.431. The second kappa shape index (κ2) is 8.97. The Morgan fingerprint density at radius 3 is 2.45 bits per heavy atom. The largest absolute Gasteiger partial charge is 0.450 e. The Balaban J connectivity index is 1.80. The molecular formula is C25H27BrN2O3. The van der Waals surface area contributed by atoms with Gasteiger partial charge in [-0.3, -0.25) is 9.59 Å². The number of amides is 1. The van der Waals surface area contributed by atoms with Crippen molar-refractivity contribution >= 4 is 32.8 Å². The molecule has 0 spiro atoms. The van der Waals surface area contributed by atoms with Gasteiger partial charge in [-0.2, -0.15) is 0 Å². The van der Waals surface area contributed by atoms with Crippen molar-refractivity contribution in [3.05, 3.63) is 79.6 Å². The smallest absolute Gasteiger partial charge is 0.290 e. The molecular weight excluding hydrogens is 456 g/mol. The van der Waals surface area contributed by atoms with E-state index in [0.717, 1.165) is 41.7 Å². The maximum Gasteiger partial charge on any atom is 0.290 e. The van der Waals surface area contributed by atoms with Crippen molar-refractivity contribution in [2.24, 2.45) is 0 Å². The van der Waals surface area contributed by atoms with Crippen LogP contribution in [-0.2, 0) is 0 Å². The summed E-state index contributed by atoms with van der Waals surface area (Å²) in [5, 5.41) is 0.489. The maximum atomic E-state index is 13.5. The Morgan fingerprint density at radius 2 is 1.77 bits per heavy atom. The molecule has 2 heterocycles. The molecule has 0 bridgehead atoms. The molecule has 162 valence electrons. The van der Waals surface area contributed by atoms with E-state index in [1.165, 1.54) is 0 Å². The molecule has 1 atom stereocenters. The van der Waals surface area contributed by atoms with Gasteiger partial charge in [0.2, 0.25) is 5.76 Å². The van der Waals surface area contributed by atoms with Crippen molar-refractivity contribution in [3.63, 3.8) is 0 Å². The number of halogens is 1. The average molecular weight is 483 g/mol. The van der Waals surface area contributed by atoms with E-state index in [1.807, 2.05) is 37.3 Å². The van der Waals surface area contributed by atoms with Crippen LogP contribution < -0.4 is 5.43 Å². The zero-order valence-corrected chi connectivity index (χ0v) is 19.7. The Bertz CT molecular complexity index is 1170. The highest BCUT2D eigenvalue weighted by Gasteiger charge is 2.42. The number of nitrogens with zero attached hydrogens (tertiary/aromatic N) is 2. The molecule has 5 nitrogen and oxygen atoms in total. The molecule has 1 aliphatic rings. The molecule has 0 saturated heterocycles. The molecule has 31 heavy (non-hydrogen) atoms. The van der Waals surface area contributed by atoms with Crippen LogP contribution in [0, 0.1) is 6.92 Å². The first kappa shape index (κ1) is 21.8. The van der Waals surface area contributed by atoms with Crippen molar-refractivity contribution in [1.82, 2.24) is 9.80 Å². The quantitative estimate of drug-likeness (QED) is 0.467. The first-order valence-corrected chi connectivity index (χ1v) is 11.6. The Kier molecular flexibility index (Phi) is 6.30. The lowest BCUT2D eigenvalue weighted by Crippen LogP contribution is -2.33. The fourth-order valence-corrected chi connectivity index (χ4v) is 4.68. The molecule has 0 unspecified atom stereocenters. The minimum absolute atomic E-state index is 0.136. The highest BCUT2D eigenvalue weighted by Crippen LogP contribution is 2.38. The van der Waals surface area contributed by atoms with Gasteiger partial charge in [0.05, 0.1) is 17.0 Å². The van der Waals surface area contributed by atoms with Gasteiger partial charge in [0.15, 0.2) is 5.43 Å². The molecule has 0 aliphatic carbocycles. The normalized spacial score (nSPS) is 15.8. The van der Waals surface area contributed by atoms with Gasteiger partial charge in [0.25, 0.3) is 5.91 Å². The second-order valence-corrected chi connectivity index (χ2v) is 8.92. The predicted octanol–water partition coefficient (Wildman–Crippen LogP) is 5.14. The number of aryl methyl sites for hydroxylation is 1. The van der Waals surface area contributed by atoms with E-state index in [-0.39, 0.29) is 17.1 Å². The first-order valence-electron chi connectivity index (χ1n) is 10.8. The van der Waals surface area contributed by atoms with Gasteiger partial charge in [-0.15, -0.1) is 0 Å². The van der Waals surface area contributed by atoms with E-state index in [0.29, 0.717) is 23.1 Å². The third kappa shape index (κ3) is 4.06. The van der Waals surface area contributed by atoms with E-state index in [9.17, 15) is 9.59 Å². The molecule has 6 heteroatoms. The zero-order chi connectivity index (χ0) is 22.1. The summed E-state index contributed by atoms with van der Waals surface area (Å²) in [6.07, 6.45) is 0.836. The van der Waals surface area contributed by atoms with Gasteiger partial charge in [-0.1, -0.05) is 59.6 Å². The first-order chi connectivity index (χ1) is 14.9. The molecule has 0 radical (unpaired) electrons. The number of benzene rings is 2. The van der Waals surface area contributed by atoms with E-state index in [1.54, 1.807) is 17.0 Å². The summed E-state index contributed by atoms with van der Waals surface area (Å²) in [6.45, 7) is 9.74. The van der Waals surface area contributed by atoms with Gasteiger partial charge in [-0.05, 0) is 56.7 Å². The van der Waals surface area contributed by atoms with E-state index in [2.05, 4.69) is 34.7 Å². The monoisotopic (exact) mass is 482 g/mol. The van der Waals surface area contributed by atoms with Crippen molar-refractivity contribution < 1.29 is 9.21 Å². The average Bonchev–Trinajstić information content (AvgIpc) is 3.04. The number of hydrogen-bond donors (Lipinski definition) is 0. The lowest BCUT2D eigenvalue weighted by Gasteiger charge is -2.26. The van der Waals surface area contributed by atoms with Gasteiger partial charge in [0.1, 0.15) is 5.58 Å². The number of fused-ring (bicyclic) bond motifs is 2. The summed E-state index contributed by atoms with van der Waals surface area (Å²) in [5.41, 5.74) is 2.82. The van der Waals surface area contributed by atoms with Crippen LogP contribution >= 0.6 is 15.9 Å². The van der Waals surface area contributed by atoms with Crippen LogP contribution in [0.25, 0.3) is 11.0 Å². The lowest BCUT2D eigenvalue weighted by molar-refractivity contribution is 0.0720. The van der Waals surface area contributed by atoms with Gasteiger partial charge >= 0.3 is 0 Å². The molecule has 3 aromatic rings. The topological polar surface area (TPSA) is 53.8 Å². The predicted molar refractivity (Wildman–Crippen MR) is 127 cm³/mol. The summed E-state index contributed by atoms with van der Waals surface area (Å²) in [5.74, 6) is -0.0322. The van der Waals surface area contributed by atoms with Crippen LogP contribution in [0.5, 0.6) is 0 Å². The molecule has 1 aromatic heterocycles. The zero-order valence-electron chi connectivity index (χ0n) is 18.2. The lowest BCUT2D eigenvalue weighted by atomic mass is 9.97. The fraction of sp³-hybridized carbons (Fsp3) is 0.360. The summed E-state index contributed by atoms with van der Waals surface area (Å²) in [4.78, 5) is 31.1. The highest BCUT2D eigenvalue weighted by molar-refractivity contribution is 9.10. The van der Waals surface area contributed by atoms with Crippen molar-refractivity contribution in [2.75, 3.05) is 26.2 Å². The standard InChI is InChI=1S/C25H27BrN2O3/c1-4-27(5-2)13-6-14-28-22(17-9-7-16(3)8-10-17)21-23(29)19-15-18(26)11-12-20(19)31-24(21)25(28)30/h7-12,15,22H,4-6,13-14H2,1-3H3/t22-/m1/s1. The molecule has 0 saturated carbocycles. The Morgan fingerprint density at radius 1 is 1.06 bits per heavy atom. The van der Waals surface area contributed by atoms with Gasteiger partial charge in [0, 0.05) is 11.0 Å². The van der Waals surface area contributed by atoms with Gasteiger partial charge in [-0.25, -0.2) is 0 Å². The summed E-state index contributed by atoms with van der Waals surface area (Å²) < 4.78 is 6.81. The summed E-state index contributed by atoms with van der Waals surface area (Å²) in [6, 6.07) is 12.9. The van der Waals surface area contributed by atoms with E-state index < -0.39 is 6.04 Å². The summed E-state index contributed by atoms with van der Waals surface area (Å²) >= 11 is 3.44. The molecule has 1 aliphatic heterocycles. The SMILES string of the molecule is CCN(CC)CCCN1C(=O)c2oc3ccc(Br)cc3c(=O)c2[C@H]1c1ccc(C)cc1. The van der Waals surface area contributed by atoms with Crippen LogP contribution in [0.4, 0.5) is 0 Å². The van der Waals surface area contributed by atoms with Gasteiger partial charge < -0.3 is 14.2 Å². The third-order valence-electron chi connectivity index (χ3n) is 6.09. The molecule has 0 N–H and O–H groups in total. The number of carbonyl (C=O) groups is 1. The van der Waals surface area contributed by atoms with Crippen LogP contribution in [-0.4, -0.2) is 41.9 Å². The molecule has 1 amide bonds. The Hall–Kier alpha value is -2.44. The number of carbonyl (C=O) groups excluding carboxylic acids is 1. The summed E-state index contributed by atoms with van der Waals surface area (Å²) in [7, 11) is 0. The third-order valence-corrected chi connectivity index (χ3v) is 6.58. The fourth-order valence-electron chi connectivity index (χ4n) is 4.32. The maximum absolute atomic E-state index is 13.5. The van der Waals surface area contributed by atoms with Crippen LogP contribution in [0.3, 0.4) is 0 Å². The van der Waals surface area contributed by atoms with Crippen molar-refractivity contribution in [3.8, 4) is 0 Å². The van der Waals surface area contributed by atoms with E-state index >= 15 is 0 Å². The molecule has 2 aromatic carbocycles. The van der Waals surface area contributed by atoms with Crippen molar-refractivity contribution in [2.45, 2.75) is 33.2 Å². The highest BCUT2D eigenvalue weighted by atomic mass is 79.9. The Labute approximate surface area is 190 Å². The van der Waals surface area contributed by atoms with Crippen LogP contribution in [0.15, 0.2) is 56.1 Å².